The van der Waals surface area contributed by atoms with E-state index < -0.39 is 0 Å². The molecule has 4 rings (SSSR count). The van der Waals surface area contributed by atoms with Crippen LogP contribution in [0.2, 0.25) is 0 Å². The molecule has 1 N–H and O–H groups in total. The fourth-order valence-corrected chi connectivity index (χ4v) is 5.00. The number of alkyl halides is 2. The second-order valence-electron chi connectivity index (χ2n) is 6.69. The molecule has 0 saturated carbocycles. The zero-order valence-corrected chi connectivity index (χ0v) is 16.2. The summed E-state index contributed by atoms with van der Waals surface area (Å²) in [4.78, 5) is 6.96. The molecule has 2 aliphatic heterocycles. The molecule has 2 aromatic rings. The Morgan fingerprint density at radius 3 is 2.75 bits per heavy atom. The SMILES string of the molecule is C=Cc1ccc(Nc2ccc(N3CCC(C)C3)c(C3C[I-]3)c2)cn1. The van der Waals surface area contributed by atoms with Gasteiger partial charge in [0.25, 0.3) is 0 Å². The predicted molar refractivity (Wildman–Crippen MR) is 97.7 cm³/mol. The van der Waals surface area contributed by atoms with Crippen molar-refractivity contribution in [3.8, 4) is 0 Å². The van der Waals surface area contributed by atoms with Crippen molar-refractivity contribution in [1.29, 1.82) is 0 Å². The number of rotatable bonds is 5. The van der Waals surface area contributed by atoms with Gasteiger partial charge in [-0.2, -0.15) is 0 Å². The Bertz CT molecular complexity index is 737. The number of halogens is 1. The molecule has 1 aromatic carbocycles. The van der Waals surface area contributed by atoms with Crippen LogP contribution in [0.25, 0.3) is 6.08 Å². The third kappa shape index (κ3) is 3.43. The molecule has 0 bridgehead atoms. The number of nitrogens with one attached hydrogen (secondary N) is 1. The number of anilines is 3. The third-order valence-electron chi connectivity index (χ3n) is 4.72. The Morgan fingerprint density at radius 1 is 1.29 bits per heavy atom. The molecule has 3 heterocycles. The van der Waals surface area contributed by atoms with Crippen LogP contribution < -0.4 is 31.4 Å². The summed E-state index contributed by atoms with van der Waals surface area (Å²) >= 11 is 0.394. The number of hydrogen-bond donors (Lipinski definition) is 1. The normalized spacial score (nSPS) is 22.8. The molecular weight excluding hydrogens is 409 g/mol. The van der Waals surface area contributed by atoms with Crippen molar-refractivity contribution in [3.63, 3.8) is 0 Å². The monoisotopic (exact) mass is 432 g/mol. The van der Waals surface area contributed by atoms with Gasteiger partial charge in [-0.25, -0.2) is 0 Å². The van der Waals surface area contributed by atoms with Gasteiger partial charge in [0.1, 0.15) is 0 Å². The Hall–Kier alpha value is -1.56. The van der Waals surface area contributed by atoms with Gasteiger partial charge in [-0.05, 0) is 0 Å². The van der Waals surface area contributed by atoms with E-state index in [0.717, 1.165) is 21.2 Å². The standard InChI is InChI=1S/C20H23IN3/c1-3-15-4-5-17(12-22-15)23-16-6-7-20(18(10-16)19-11-21-19)24-9-8-14(2)13-24/h3-7,10,12,14,19,23H,1,8-9,11,13H2,2H3/q-1. The Labute approximate surface area is 154 Å². The molecule has 1 aromatic heterocycles. The van der Waals surface area contributed by atoms with Crippen LogP contribution in [0.1, 0.15) is 28.5 Å². The minimum absolute atomic E-state index is 0.394. The molecule has 2 unspecified atom stereocenters. The molecule has 3 nitrogen and oxygen atoms in total. The molecule has 0 spiro atoms. The number of pyridine rings is 1. The topological polar surface area (TPSA) is 28.2 Å². The zero-order valence-electron chi connectivity index (χ0n) is 14.0. The number of aromatic nitrogens is 1. The average molecular weight is 432 g/mol. The van der Waals surface area contributed by atoms with Gasteiger partial charge in [0, 0.05) is 0 Å². The zero-order chi connectivity index (χ0) is 16.5. The maximum absolute atomic E-state index is 4.37. The summed E-state index contributed by atoms with van der Waals surface area (Å²) in [6, 6.07) is 11.0. The van der Waals surface area contributed by atoms with Gasteiger partial charge in [0.2, 0.25) is 0 Å². The number of nitrogens with zero attached hydrogens (tertiary/aromatic N) is 2. The Balaban J connectivity index is 1.58. The van der Waals surface area contributed by atoms with Crippen molar-refractivity contribution in [2.45, 2.75) is 17.3 Å². The van der Waals surface area contributed by atoms with E-state index in [0.29, 0.717) is 21.2 Å². The van der Waals surface area contributed by atoms with Gasteiger partial charge in [-0.15, -0.1) is 0 Å². The summed E-state index contributed by atoms with van der Waals surface area (Å²) in [7, 11) is 0. The van der Waals surface area contributed by atoms with Crippen LogP contribution in [0.3, 0.4) is 0 Å². The molecular formula is C20H23IN3-. The van der Waals surface area contributed by atoms with E-state index in [1.165, 1.54) is 35.3 Å². The van der Waals surface area contributed by atoms with Crippen LogP contribution in [0.5, 0.6) is 0 Å². The van der Waals surface area contributed by atoms with Crippen molar-refractivity contribution in [2.24, 2.45) is 5.92 Å². The fourth-order valence-electron chi connectivity index (χ4n) is 3.30. The second kappa shape index (κ2) is 6.75. The molecule has 2 aliphatic rings. The summed E-state index contributed by atoms with van der Waals surface area (Å²) in [6.07, 6.45) is 4.96. The number of hydrogen-bond acceptors (Lipinski definition) is 3. The third-order valence-corrected chi connectivity index (χ3v) is 7.15. The summed E-state index contributed by atoms with van der Waals surface area (Å²) in [5.74, 6) is 0.819. The summed E-state index contributed by atoms with van der Waals surface area (Å²) in [5, 5.41) is 3.50. The molecule has 126 valence electrons. The molecule has 0 aliphatic carbocycles. The first-order chi connectivity index (χ1) is 11.7. The molecule has 2 fully saturated rings. The summed E-state index contributed by atoms with van der Waals surface area (Å²) < 4.78 is 2.30. The first kappa shape index (κ1) is 15.9. The Morgan fingerprint density at radius 2 is 2.12 bits per heavy atom. The maximum atomic E-state index is 4.37. The Kier molecular flexibility index (Phi) is 4.48. The first-order valence-corrected chi connectivity index (χ1v) is 11.3. The van der Waals surface area contributed by atoms with E-state index in [9.17, 15) is 0 Å². The van der Waals surface area contributed by atoms with Crippen LogP contribution >= 0.6 is 0 Å². The fraction of sp³-hybridized carbons (Fsp3) is 0.350. The molecule has 0 amide bonds. The average Bonchev–Trinajstić information content (AvgIpc) is 3.37. The van der Waals surface area contributed by atoms with Gasteiger partial charge in [0.05, 0.1) is 0 Å². The van der Waals surface area contributed by atoms with Gasteiger partial charge in [-0.1, -0.05) is 0 Å². The van der Waals surface area contributed by atoms with E-state index in [2.05, 4.69) is 53.0 Å². The van der Waals surface area contributed by atoms with E-state index in [4.69, 9.17) is 0 Å². The van der Waals surface area contributed by atoms with Crippen molar-refractivity contribution in [2.75, 3.05) is 27.7 Å². The quantitative estimate of drug-likeness (QED) is 0.573. The molecule has 4 heteroatoms. The van der Waals surface area contributed by atoms with Crippen LogP contribution in [0.15, 0.2) is 43.1 Å². The molecule has 24 heavy (non-hydrogen) atoms. The predicted octanol–water partition coefficient (Wildman–Crippen LogP) is 1.46. The van der Waals surface area contributed by atoms with Gasteiger partial charge in [-0.3, -0.25) is 0 Å². The van der Waals surface area contributed by atoms with Crippen molar-refractivity contribution >= 4 is 23.1 Å². The minimum atomic E-state index is 0.394. The summed E-state index contributed by atoms with van der Waals surface area (Å²) in [5.41, 5.74) is 6.15. The summed E-state index contributed by atoms with van der Waals surface area (Å²) in [6.45, 7) is 8.52. The van der Waals surface area contributed by atoms with Crippen LogP contribution in [0, 0.1) is 5.92 Å². The molecule has 0 radical (unpaired) electrons. The van der Waals surface area contributed by atoms with E-state index in [-0.39, 0.29) is 0 Å². The van der Waals surface area contributed by atoms with E-state index in [1.807, 2.05) is 12.3 Å². The van der Waals surface area contributed by atoms with E-state index >= 15 is 0 Å². The van der Waals surface area contributed by atoms with Gasteiger partial charge in [0.15, 0.2) is 0 Å². The van der Waals surface area contributed by atoms with Crippen LogP contribution in [-0.2, 0) is 0 Å². The van der Waals surface area contributed by atoms with Crippen LogP contribution in [0.4, 0.5) is 17.1 Å². The van der Waals surface area contributed by atoms with Gasteiger partial charge >= 0.3 is 155 Å². The van der Waals surface area contributed by atoms with Crippen molar-refractivity contribution < 1.29 is 21.2 Å². The van der Waals surface area contributed by atoms with Gasteiger partial charge < -0.3 is 0 Å². The van der Waals surface area contributed by atoms with E-state index in [1.54, 1.807) is 11.6 Å². The van der Waals surface area contributed by atoms with Crippen molar-refractivity contribution in [3.05, 3.63) is 54.4 Å². The van der Waals surface area contributed by atoms with Crippen molar-refractivity contribution in [1.82, 2.24) is 4.98 Å². The second-order valence-corrected chi connectivity index (χ2v) is 9.96. The number of benzene rings is 1. The molecule has 2 saturated heterocycles. The van der Waals surface area contributed by atoms with Crippen LogP contribution in [-0.4, -0.2) is 22.5 Å². The molecule has 2 atom stereocenters. The first-order valence-electron chi connectivity index (χ1n) is 8.55.